The molecular formula is C18H25N3O3. The van der Waals surface area contributed by atoms with Gasteiger partial charge in [-0.1, -0.05) is 12.1 Å². The van der Waals surface area contributed by atoms with Crippen molar-refractivity contribution in [1.29, 1.82) is 0 Å². The lowest BCUT2D eigenvalue weighted by molar-refractivity contribution is -0.140. The number of ether oxygens (including phenoxy) is 1. The first-order valence-corrected chi connectivity index (χ1v) is 8.62. The largest absolute Gasteiger partial charge is 0.495 e. The minimum Gasteiger partial charge on any atom is -0.495 e. The standard InChI is InChI=1S/C18H25N3O3/c1-24-16-7-3-2-6-15(16)19-10-12-21(13-11-19)18(23)14-17(22)20-8-4-5-9-20/h2-3,6-7H,4-5,8-14H2,1H3. The Hall–Kier alpha value is -2.24. The predicted molar refractivity (Wildman–Crippen MR) is 92.2 cm³/mol. The highest BCUT2D eigenvalue weighted by atomic mass is 16.5. The quantitative estimate of drug-likeness (QED) is 0.782. The molecule has 2 aliphatic heterocycles. The van der Waals surface area contributed by atoms with Crippen molar-refractivity contribution in [3.05, 3.63) is 24.3 Å². The first kappa shape index (κ1) is 16.6. The van der Waals surface area contributed by atoms with Crippen LogP contribution < -0.4 is 9.64 Å². The third-order valence-corrected chi connectivity index (χ3v) is 4.82. The summed E-state index contributed by atoms with van der Waals surface area (Å²) in [5, 5.41) is 0. The number of rotatable bonds is 4. The van der Waals surface area contributed by atoms with Crippen LogP contribution >= 0.6 is 0 Å². The summed E-state index contributed by atoms with van der Waals surface area (Å²) in [5.41, 5.74) is 1.06. The number of piperazine rings is 1. The van der Waals surface area contributed by atoms with Gasteiger partial charge in [-0.15, -0.1) is 0 Å². The smallest absolute Gasteiger partial charge is 0.232 e. The second-order valence-electron chi connectivity index (χ2n) is 6.30. The van der Waals surface area contributed by atoms with Crippen LogP contribution in [0.25, 0.3) is 0 Å². The van der Waals surface area contributed by atoms with Crippen molar-refractivity contribution in [3.8, 4) is 5.75 Å². The minimum absolute atomic E-state index is 0.00859. The maximum atomic E-state index is 12.4. The number of para-hydroxylation sites is 2. The molecule has 6 nitrogen and oxygen atoms in total. The molecule has 0 atom stereocenters. The average Bonchev–Trinajstić information content (AvgIpc) is 3.16. The van der Waals surface area contributed by atoms with Crippen LogP contribution in [0.4, 0.5) is 5.69 Å². The zero-order valence-electron chi connectivity index (χ0n) is 14.2. The summed E-state index contributed by atoms with van der Waals surface area (Å²) in [6, 6.07) is 7.92. The van der Waals surface area contributed by atoms with Gasteiger partial charge in [0.05, 0.1) is 12.8 Å². The number of hydrogen-bond acceptors (Lipinski definition) is 4. The highest BCUT2D eigenvalue weighted by molar-refractivity contribution is 5.97. The molecule has 130 valence electrons. The molecular weight excluding hydrogens is 306 g/mol. The van der Waals surface area contributed by atoms with Crippen molar-refractivity contribution in [3.63, 3.8) is 0 Å². The van der Waals surface area contributed by atoms with Gasteiger partial charge in [-0.05, 0) is 25.0 Å². The minimum atomic E-state index is -0.0495. The molecule has 0 N–H and O–H groups in total. The Balaban J connectivity index is 1.52. The lowest BCUT2D eigenvalue weighted by atomic mass is 10.2. The van der Waals surface area contributed by atoms with Crippen molar-refractivity contribution in [2.75, 3.05) is 51.3 Å². The number of nitrogens with zero attached hydrogens (tertiary/aromatic N) is 3. The SMILES string of the molecule is COc1ccccc1N1CCN(C(=O)CC(=O)N2CCCC2)CC1. The molecule has 1 aromatic rings. The van der Waals surface area contributed by atoms with Crippen LogP contribution in [0.2, 0.25) is 0 Å². The van der Waals surface area contributed by atoms with Gasteiger partial charge in [0.25, 0.3) is 0 Å². The van der Waals surface area contributed by atoms with E-state index in [1.807, 2.05) is 29.2 Å². The molecule has 6 heteroatoms. The Kier molecular flexibility index (Phi) is 5.23. The van der Waals surface area contributed by atoms with E-state index >= 15 is 0 Å². The Labute approximate surface area is 143 Å². The van der Waals surface area contributed by atoms with Gasteiger partial charge in [-0.3, -0.25) is 9.59 Å². The third-order valence-electron chi connectivity index (χ3n) is 4.82. The second-order valence-corrected chi connectivity index (χ2v) is 6.30. The first-order chi connectivity index (χ1) is 11.7. The molecule has 0 spiro atoms. The van der Waals surface area contributed by atoms with Crippen molar-refractivity contribution >= 4 is 17.5 Å². The molecule has 3 rings (SSSR count). The lowest BCUT2D eigenvalue weighted by Gasteiger charge is -2.36. The zero-order valence-corrected chi connectivity index (χ0v) is 14.2. The lowest BCUT2D eigenvalue weighted by Crippen LogP contribution is -2.49. The summed E-state index contributed by atoms with van der Waals surface area (Å²) >= 11 is 0. The van der Waals surface area contributed by atoms with Crippen LogP contribution in [0, 0.1) is 0 Å². The number of carbonyl (C=O) groups excluding carboxylic acids is 2. The fraction of sp³-hybridized carbons (Fsp3) is 0.556. The highest BCUT2D eigenvalue weighted by Gasteiger charge is 2.26. The number of hydrogen-bond donors (Lipinski definition) is 0. The van der Waals surface area contributed by atoms with Crippen molar-refractivity contribution in [1.82, 2.24) is 9.80 Å². The van der Waals surface area contributed by atoms with E-state index in [0.717, 1.165) is 50.5 Å². The number of benzene rings is 1. The number of amides is 2. The van der Waals surface area contributed by atoms with E-state index in [1.54, 1.807) is 12.0 Å². The van der Waals surface area contributed by atoms with E-state index in [2.05, 4.69) is 4.90 Å². The molecule has 1 aromatic carbocycles. The van der Waals surface area contributed by atoms with Crippen molar-refractivity contribution < 1.29 is 14.3 Å². The Morgan fingerprint density at radius 2 is 1.50 bits per heavy atom. The summed E-state index contributed by atoms with van der Waals surface area (Å²) in [4.78, 5) is 30.3. The second kappa shape index (κ2) is 7.55. The zero-order chi connectivity index (χ0) is 16.9. The van der Waals surface area contributed by atoms with Crippen molar-refractivity contribution in [2.24, 2.45) is 0 Å². The van der Waals surface area contributed by atoms with Crippen LogP contribution in [0.1, 0.15) is 19.3 Å². The van der Waals surface area contributed by atoms with Gasteiger partial charge in [-0.25, -0.2) is 0 Å². The molecule has 24 heavy (non-hydrogen) atoms. The molecule has 2 heterocycles. The van der Waals surface area contributed by atoms with E-state index in [0.29, 0.717) is 13.1 Å². The maximum absolute atomic E-state index is 12.4. The van der Waals surface area contributed by atoms with Gasteiger partial charge in [-0.2, -0.15) is 0 Å². The summed E-state index contributed by atoms with van der Waals surface area (Å²) in [6.45, 7) is 4.39. The molecule has 0 bridgehead atoms. The first-order valence-electron chi connectivity index (χ1n) is 8.62. The van der Waals surface area contributed by atoms with Crippen LogP contribution in [0.5, 0.6) is 5.75 Å². The normalized spacial score (nSPS) is 18.0. The van der Waals surface area contributed by atoms with Crippen LogP contribution in [-0.2, 0) is 9.59 Å². The van der Waals surface area contributed by atoms with Gasteiger partial charge >= 0.3 is 0 Å². The van der Waals surface area contributed by atoms with Crippen LogP contribution in [-0.4, -0.2) is 68.0 Å². The topological polar surface area (TPSA) is 53.1 Å². The molecule has 0 saturated carbocycles. The fourth-order valence-corrected chi connectivity index (χ4v) is 3.41. The Morgan fingerprint density at radius 3 is 2.12 bits per heavy atom. The molecule has 0 unspecified atom stereocenters. The van der Waals surface area contributed by atoms with E-state index in [1.165, 1.54) is 0 Å². The molecule has 0 aliphatic carbocycles. The third kappa shape index (κ3) is 3.63. The average molecular weight is 331 g/mol. The molecule has 2 amide bonds. The summed E-state index contributed by atoms with van der Waals surface area (Å²) in [6.07, 6.45) is 2.11. The predicted octanol–water partition coefficient (Wildman–Crippen LogP) is 1.36. The Bertz CT molecular complexity index is 591. The van der Waals surface area contributed by atoms with E-state index in [-0.39, 0.29) is 18.2 Å². The van der Waals surface area contributed by atoms with Gasteiger partial charge < -0.3 is 19.4 Å². The number of methoxy groups -OCH3 is 1. The number of anilines is 1. The van der Waals surface area contributed by atoms with Gasteiger partial charge in [0.2, 0.25) is 11.8 Å². The highest BCUT2D eigenvalue weighted by Crippen LogP contribution is 2.28. The van der Waals surface area contributed by atoms with Gasteiger partial charge in [0.1, 0.15) is 12.2 Å². The molecule has 2 saturated heterocycles. The number of carbonyl (C=O) groups is 2. The molecule has 2 aliphatic rings. The van der Waals surface area contributed by atoms with Gasteiger partial charge in [0, 0.05) is 39.3 Å². The van der Waals surface area contributed by atoms with E-state index in [9.17, 15) is 9.59 Å². The van der Waals surface area contributed by atoms with Gasteiger partial charge in [0.15, 0.2) is 0 Å². The maximum Gasteiger partial charge on any atom is 0.232 e. The monoisotopic (exact) mass is 331 g/mol. The van der Waals surface area contributed by atoms with E-state index in [4.69, 9.17) is 4.74 Å². The van der Waals surface area contributed by atoms with E-state index < -0.39 is 0 Å². The van der Waals surface area contributed by atoms with Crippen LogP contribution in [0.3, 0.4) is 0 Å². The molecule has 2 fully saturated rings. The fourth-order valence-electron chi connectivity index (χ4n) is 3.41. The molecule has 0 radical (unpaired) electrons. The number of likely N-dealkylation sites (tertiary alicyclic amines) is 1. The van der Waals surface area contributed by atoms with Crippen LogP contribution in [0.15, 0.2) is 24.3 Å². The summed E-state index contributed by atoms with van der Waals surface area (Å²) in [7, 11) is 1.67. The molecule has 0 aromatic heterocycles. The van der Waals surface area contributed by atoms with Crippen molar-refractivity contribution in [2.45, 2.75) is 19.3 Å². The summed E-state index contributed by atoms with van der Waals surface area (Å²) in [5.74, 6) is 0.776. The Morgan fingerprint density at radius 1 is 0.917 bits per heavy atom. The summed E-state index contributed by atoms with van der Waals surface area (Å²) < 4.78 is 5.41.